The van der Waals surface area contributed by atoms with Crippen molar-refractivity contribution >= 4 is 27.7 Å². The van der Waals surface area contributed by atoms with E-state index in [2.05, 4.69) is 31.4 Å². The van der Waals surface area contributed by atoms with Crippen molar-refractivity contribution in [1.29, 1.82) is 0 Å². The first kappa shape index (κ1) is 15.2. The number of nitrogens with zero attached hydrogens (tertiary/aromatic N) is 1. The number of halogens is 4. The molecule has 21 heavy (non-hydrogen) atoms. The molecule has 0 fully saturated rings. The highest BCUT2D eigenvalue weighted by molar-refractivity contribution is 9.10. The Morgan fingerprint density at radius 3 is 2.52 bits per heavy atom. The summed E-state index contributed by atoms with van der Waals surface area (Å²) in [6.45, 7) is 0. The Labute approximate surface area is 124 Å². The van der Waals surface area contributed by atoms with Crippen LogP contribution in [0.1, 0.15) is 15.9 Å². The first-order valence-corrected chi connectivity index (χ1v) is 6.30. The molecule has 2 aromatic rings. The zero-order chi connectivity index (χ0) is 15.6. The molecule has 2 rings (SSSR count). The molecule has 1 aromatic heterocycles. The largest absolute Gasteiger partial charge is 0.417 e. The quantitative estimate of drug-likeness (QED) is 0.863. The maximum absolute atomic E-state index is 12.7. The molecule has 5 nitrogen and oxygen atoms in total. The van der Waals surface area contributed by atoms with Crippen LogP contribution in [-0.2, 0) is 6.18 Å². The summed E-state index contributed by atoms with van der Waals surface area (Å²) < 4.78 is 38.1. The molecule has 0 saturated carbocycles. The van der Waals surface area contributed by atoms with Gasteiger partial charge in [0.2, 0.25) is 0 Å². The molecule has 1 heterocycles. The third-order valence-corrected chi connectivity index (χ3v) is 3.15. The van der Waals surface area contributed by atoms with Gasteiger partial charge in [-0.2, -0.15) is 18.3 Å². The van der Waals surface area contributed by atoms with E-state index in [1.807, 2.05) is 0 Å². The summed E-state index contributed by atoms with van der Waals surface area (Å²) in [5.74, 6) is -0.747. The van der Waals surface area contributed by atoms with E-state index >= 15 is 0 Å². The van der Waals surface area contributed by atoms with Crippen LogP contribution in [0.15, 0.2) is 39.6 Å². The number of H-pyrrole nitrogens is 1. The molecule has 0 radical (unpaired) electrons. The van der Waals surface area contributed by atoms with Crippen LogP contribution in [0, 0.1) is 0 Å². The van der Waals surface area contributed by atoms with Gasteiger partial charge < -0.3 is 5.32 Å². The van der Waals surface area contributed by atoms with Crippen LogP contribution < -0.4 is 10.9 Å². The summed E-state index contributed by atoms with van der Waals surface area (Å²) in [6, 6.07) is 5.47. The van der Waals surface area contributed by atoms with Gasteiger partial charge in [-0.1, -0.05) is 15.9 Å². The van der Waals surface area contributed by atoms with E-state index in [0.29, 0.717) is 0 Å². The molecule has 0 atom stereocenters. The second kappa shape index (κ2) is 5.68. The van der Waals surface area contributed by atoms with Crippen LogP contribution in [0.5, 0.6) is 0 Å². The zero-order valence-electron chi connectivity index (χ0n) is 10.2. The van der Waals surface area contributed by atoms with Gasteiger partial charge in [0.1, 0.15) is 0 Å². The number of nitrogens with one attached hydrogen (secondary N) is 2. The standard InChI is InChI=1S/C12H7BrF3N3O2/c13-8-2-1-6(5-7(8)12(14,15)16)11(21)17-9-3-4-10(20)19-18-9/h1-5H,(H,19,20)(H,17,18,21). The molecule has 1 amide bonds. The molecule has 0 aliphatic rings. The van der Waals surface area contributed by atoms with Crippen LogP contribution in [0.25, 0.3) is 0 Å². The fourth-order valence-corrected chi connectivity index (χ4v) is 1.96. The van der Waals surface area contributed by atoms with E-state index in [0.717, 1.165) is 18.2 Å². The third-order valence-electron chi connectivity index (χ3n) is 2.45. The average Bonchev–Trinajstić information content (AvgIpc) is 2.40. The summed E-state index contributed by atoms with van der Waals surface area (Å²) in [6.07, 6.45) is -4.58. The van der Waals surface area contributed by atoms with Crippen molar-refractivity contribution in [2.24, 2.45) is 0 Å². The topological polar surface area (TPSA) is 74.8 Å². The summed E-state index contributed by atoms with van der Waals surface area (Å²) in [5, 5.41) is 7.91. The first-order chi connectivity index (χ1) is 9.77. The van der Waals surface area contributed by atoms with Crippen LogP contribution in [-0.4, -0.2) is 16.1 Å². The molecule has 0 aliphatic heterocycles. The van der Waals surface area contributed by atoms with E-state index in [4.69, 9.17) is 0 Å². The summed E-state index contributed by atoms with van der Waals surface area (Å²) in [5.41, 5.74) is -1.60. The van der Waals surface area contributed by atoms with Crippen LogP contribution in [0.2, 0.25) is 0 Å². The Morgan fingerprint density at radius 1 is 1.24 bits per heavy atom. The molecule has 0 bridgehead atoms. The fraction of sp³-hybridized carbons (Fsp3) is 0.0833. The predicted molar refractivity (Wildman–Crippen MR) is 72.0 cm³/mol. The minimum absolute atomic E-state index is 0.0241. The minimum atomic E-state index is -4.58. The SMILES string of the molecule is O=C(Nc1ccc(=O)[nH]n1)c1ccc(Br)c(C(F)(F)F)c1. The van der Waals surface area contributed by atoms with Crippen molar-refractivity contribution in [1.82, 2.24) is 10.2 Å². The van der Waals surface area contributed by atoms with Gasteiger partial charge in [0.05, 0.1) is 5.56 Å². The minimum Gasteiger partial charge on any atom is -0.305 e. The van der Waals surface area contributed by atoms with Crippen molar-refractivity contribution in [2.45, 2.75) is 6.18 Å². The van der Waals surface area contributed by atoms with Crippen molar-refractivity contribution in [2.75, 3.05) is 5.32 Å². The fourth-order valence-electron chi connectivity index (χ4n) is 1.49. The molecule has 1 aromatic carbocycles. The lowest BCUT2D eigenvalue weighted by atomic mass is 10.1. The van der Waals surface area contributed by atoms with Crippen molar-refractivity contribution < 1.29 is 18.0 Å². The smallest absolute Gasteiger partial charge is 0.305 e. The highest BCUT2D eigenvalue weighted by Gasteiger charge is 2.33. The number of amides is 1. The number of carbonyl (C=O) groups is 1. The molecular formula is C12H7BrF3N3O2. The van der Waals surface area contributed by atoms with E-state index in [9.17, 15) is 22.8 Å². The molecule has 2 N–H and O–H groups in total. The molecule has 0 unspecified atom stereocenters. The Bertz CT molecular complexity index is 723. The lowest BCUT2D eigenvalue weighted by Crippen LogP contribution is -2.17. The Kier molecular flexibility index (Phi) is 4.12. The predicted octanol–water partition coefficient (Wildman–Crippen LogP) is 2.80. The van der Waals surface area contributed by atoms with Crippen molar-refractivity contribution in [3.05, 3.63) is 56.3 Å². The first-order valence-electron chi connectivity index (χ1n) is 5.51. The van der Waals surface area contributed by atoms with Gasteiger partial charge in [-0.15, -0.1) is 0 Å². The van der Waals surface area contributed by atoms with Gasteiger partial charge in [0, 0.05) is 16.1 Å². The highest BCUT2D eigenvalue weighted by atomic mass is 79.9. The number of rotatable bonds is 2. The van der Waals surface area contributed by atoms with Gasteiger partial charge in [-0.3, -0.25) is 9.59 Å². The summed E-state index contributed by atoms with van der Waals surface area (Å²) in [7, 11) is 0. The van der Waals surface area contributed by atoms with Gasteiger partial charge >= 0.3 is 6.18 Å². The molecule has 0 saturated heterocycles. The maximum Gasteiger partial charge on any atom is 0.417 e. The normalized spacial score (nSPS) is 11.2. The second-order valence-corrected chi connectivity index (χ2v) is 4.81. The molecular weight excluding hydrogens is 355 g/mol. The maximum atomic E-state index is 12.7. The number of aromatic amines is 1. The molecule has 9 heteroatoms. The highest BCUT2D eigenvalue weighted by Crippen LogP contribution is 2.35. The zero-order valence-corrected chi connectivity index (χ0v) is 11.7. The van der Waals surface area contributed by atoms with E-state index in [1.165, 1.54) is 12.1 Å². The van der Waals surface area contributed by atoms with Gasteiger partial charge in [0.25, 0.3) is 11.5 Å². The molecule has 0 aliphatic carbocycles. The Morgan fingerprint density at radius 2 is 1.95 bits per heavy atom. The monoisotopic (exact) mass is 361 g/mol. The second-order valence-electron chi connectivity index (χ2n) is 3.95. The third kappa shape index (κ3) is 3.69. The number of hydrogen-bond acceptors (Lipinski definition) is 3. The Hall–Kier alpha value is -2.16. The number of alkyl halides is 3. The van der Waals surface area contributed by atoms with Crippen LogP contribution in [0.4, 0.5) is 19.0 Å². The molecule has 110 valence electrons. The molecule has 0 spiro atoms. The van der Waals surface area contributed by atoms with Gasteiger partial charge in [0.15, 0.2) is 5.82 Å². The number of benzene rings is 1. The lowest BCUT2D eigenvalue weighted by Gasteiger charge is -2.11. The van der Waals surface area contributed by atoms with E-state index in [1.54, 1.807) is 0 Å². The van der Waals surface area contributed by atoms with Crippen molar-refractivity contribution in [3.8, 4) is 0 Å². The van der Waals surface area contributed by atoms with Gasteiger partial charge in [-0.05, 0) is 24.3 Å². The number of hydrogen-bond donors (Lipinski definition) is 2. The average molecular weight is 362 g/mol. The van der Waals surface area contributed by atoms with E-state index in [-0.39, 0.29) is 15.9 Å². The lowest BCUT2D eigenvalue weighted by molar-refractivity contribution is -0.138. The number of anilines is 1. The summed E-state index contributed by atoms with van der Waals surface area (Å²) >= 11 is 2.79. The Balaban J connectivity index is 2.27. The van der Waals surface area contributed by atoms with Crippen molar-refractivity contribution in [3.63, 3.8) is 0 Å². The van der Waals surface area contributed by atoms with E-state index < -0.39 is 23.2 Å². The van der Waals surface area contributed by atoms with Gasteiger partial charge in [-0.25, -0.2) is 5.10 Å². The number of carbonyl (C=O) groups excluding carboxylic acids is 1. The van der Waals surface area contributed by atoms with Crippen LogP contribution in [0.3, 0.4) is 0 Å². The van der Waals surface area contributed by atoms with Crippen LogP contribution >= 0.6 is 15.9 Å². The number of aromatic nitrogens is 2. The summed E-state index contributed by atoms with van der Waals surface area (Å²) in [4.78, 5) is 22.7.